The topological polar surface area (TPSA) is 67.8 Å². The van der Waals surface area contributed by atoms with E-state index in [0.29, 0.717) is 23.7 Å². The molecule has 1 heterocycles. The Balaban J connectivity index is 1.97. The molecule has 1 aliphatic rings. The second kappa shape index (κ2) is 7.98. The van der Waals surface area contributed by atoms with Crippen LogP contribution in [-0.4, -0.2) is 35.2 Å². The maximum absolute atomic E-state index is 12.8. The molecule has 2 aromatic carbocycles. The van der Waals surface area contributed by atoms with E-state index in [0.717, 1.165) is 5.56 Å². The van der Waals surface area contributed by atoms with Gasteiger partial charge >= 0.3 is 5.97 Å². The number of nitrogens with one attached hydrogen (secondary N) is 1. The minimum atomic E-state index is -0.598. The molecule has 0 aliphatic carbocycles. The van der Waals surface area contributed by atoms with Crippen molar-refractivity contribution in [3.8, 4) is 0 Å². The zero-order valence-electron chi connectivity index (χ0n) is 13.8. The van der Waals surface area contributed by atoms with E-state index in [1.54, 1.807) is 6.92 Å². The second-order valence-corrected chi connectivity index (χ2v) is 6.46. The van der Waals surface area contributed by atoms with Crippen LogP contribution in [0.2, 0.25) is 0 Å². The molecule has 0 bridgehead atoms. The number of carbonyl (C=O) groups is 2. The summed E-state index contributed by atoms with van der Waals surface area (Å²) in [6, 6.07) is 16.9. The van der Waals surface area contributed by atoms with E-state index >= 15 is 0 Å². The van der Waals surface area contributed by atoms with Crippen molar-refractivity contribution in [3.63, 3.8) is 0 Å². The number of amides is 1. The number of benzene rings is 2. The minimum Gasteiger partial charge on any atom is -0.465 e. The summed E-state index contributed by atoms with van der Waals surface area (Å²) >= 11 is 1.22. The van der Waals surface area contributed by atoms with E-state index in [-0.39, 0.29) is 17.6 Å². The standard InChI is InChI=1S/C19H18N2O3S/c1-2-24-16(22)12-25-18-17(13-8-4-3-5-9-13)20-14-10-6-7-11-15(14)21-19(18)23/h3-11,18H,2,12H2,1H3,(H,21,23). The Morgan fingerprint density at radius 2 is 1.88 bits per heavy atom. The average molecular weight is 354 g/mol. The predicted molar refractivity (Wildman–Crippen MR) is 101 cm³/mol. The van der Waals surface area contributed by atoms with Crippen LogP contribution in [0, 0.1) is 0 Å². The Morgan fingerprint density at radius 1 is 1.16 bits per heavy atom. The van der Waals surface area contributed by atoms with E-state index in [2.05, 4.69) is 5.32 Å². The Bertz CT molecular complexity index is 805. The first-order valence-electron chi connectivity index (χ1n) is 8.00. The van der Waals surface area contributed by atoms with Crippen LogP contribution in [0.4, 0.5) is 11.4 Å². The molecule has 1 N–H and O–H groups in total. The molecule has 25 heavy (non-hydrogen) atoms. The highest BCUT2D eigenvalue weighted by Gasteiger charge is 2.30. The Hall–Kier alpha value is -2.60. The molecule has 1 aliphatic heterocycles. The molecule has 1 amide bonds. The predicted octanol–water partition coefficient (Wildman–Crippen LogP) is 3.42. The monoisotopic (exact) mass is 354 g/mol. The van der Waals surface area contributed by atoms with Crippen LogP contribution in [0.3, 0.4) is 0 Å². The van der Waals surface area contributed by atoms with Gasteiger partial charge in [0, 0.05) is 0 Å². The number of rotatable bonds is 5. The molecule has 5 nitrogen and oxygen atoms in total. The highest BCUT2D eigenvalue weighted by atomic mass is 32.2. The number of ether oxygens (including phenoxy) is 1. The van der Waals surface area contributed by atoms with Crippen molar-refractivity contribution in [1.82, 2.24) is 0 Å². The van der Waals surface area contributed by atoms with E-state index < -0.39 is 5.25 Å². The third kappa shape index (κ3) is 4.09. The van der Waals surface area contributed by atoms with Crippen molar-refractivity contribution < 1.29 is 14.3 Å². The Labute approximate surface area is 150 Å². The van der Waals surface area contributed by atoms with Crippen LogP contribution in [0.1, 0.15) is 12.5 Å². The Kier molecular flexibility index (Phi) is 5.50. The van der Waals surface area contributed by atoms with Crippen molar-refractivity contribution in [2.75, 3.05) is 17.7 Å². The highest BCUT2D eigenvalue weighted by Crippen LogP contribution is 2.32. The van der Waals surface area contributed by atoms with Gasteiger partial charge < -0.3 is 10.1 Å². The van der Waals surface area contributed by atoms with E-state index in [1.165, 1.54) is 11.8 Å². The van der Waals surface area contributed by atoms with Crippen LogP contribution in [0.5, 0.6) is 0 Å². The second-order valence-electron chi connectivity index (χ2n) is 5.37. The van der Waals surface area contributed by atoms with Gasteiger partial charge in [0.1, 0.15) is 5.25 Å². The number of anilines is 1. The molecule has 2 aromatic rings. The molecule has 128 valence electrons. The maximum Gasteiger partial charge on any atom is 0.315 e. The fourth-order valence-electron chi connectivity index (χ4n) is 2.52. The normalized spacial score (nSPS) is 16.3. The molecule has 3 rings (SSSR count). The van der Waals surface area contributed by atoms with Crippen molar-refractivity contribution in [1.29, 1.82) is 0 Å². The van der Waals surface area contributed by atoms with Crippen LogP contribution in [0.25, 0.3) is 0 Å². The first kappa shape index (κ1) is 17.2. The van der Waals surface area contributed by atoms with Crippen molar-refractivity contribution in [3.05, 3.63) is 60.2 Å². The van der Waals surface area contributed by atoms with Crippen molar-refractivity contribution in [2.45, 2.75) is 12.2 Å². The molecule has 0 aromatic heterocycles. The summed E-state index contributed by atoms with van der Waals surface area (Å²) in [4.78, 5) is 29.2. The van der Waals surface area contributed by atoms with Gasteiger partial charge in [-0.1, -0.05) is 42.5 Å². The lowest BCUT2D eigenvalue weighted by molar-refractivity contribution is -0.139. The summed E-state index contributed by atoms with van der Waals surface area (Å²) in [5.74, 6) is -0.440. The zero-order valence-corrected chi connectivity index (χ0v) is 14.6. The fraction of sp³-hybridized carbons (Fsp3) is 0.211. The molecule has 0 radical (unpaired) electrons. The molecular formula is C19H18N2O3S. The van der Waals surface area contributed by atoms with Crippen LogP contribution >= 0.6 is 11.8 Å². The zero-order chi connectivity index (χ0) is 17.6. The number of thioether (sulfide) groups is 1. The number of fused-ring (bicyclic) bond motifs is 1. The molecule has 0 saturated carbocycles. The largest absolute Gasteiger partial charge is 0.465 e. The van der Waals surface area contributed by atoms with E-state index in [1.807, 2.05) is 54.6 Å². The number of hydrogen-bond acceptors (Lipinski definition) is 5. The lowest BCUT2D eigenvalue weighted by Crippen LogP contribution is -2.33. The third-order valence-electron chi connectivity index (χ3n) is 3.63. The van der Waals surface area contributed by atoms with Crippen LogP contribution in [-0.2, 0) is 14.3 Å². The van der Waals surface area contributed by atoms with Gasteiger partial charge in [-0.25, -0.2) is 4.99 Å². The van der Waals surface area contributed by atoms with Gasteiger partial charge in [0.25, 0.3) is 0 Å². The summed E-state index contributed by atoms with van der Waals surface area (Å²) in [6.45, 7) is 2.08. The summed E-state index contributed by atoms with van der Waals surface area (Å²) in [5, 5.41) is 2.30. The van der Waals surface area contributed by atoms with E-state index in [4.69, 9.17) is 9.73 Å². The summed E-state index contributed by atoms with van der Waals surface area (Å²) < 4.78 is 4.97. The van der Waals surface area contributed by atoms with Crippen molar-refractivity contribution >= 4 is 40.7 Å². The molecular weight excluding hydrogens is 336 g/mol. The maximum atomic E-state index is 12.8. The molecule has 1 unspecified atom stereocenters. The smallest absolute Gasteiger partial charge is 0.315 e. The SMILES string of the molecule is CCOC(=O)CSC1C(=O)Nc2ccccc2N=C1c1ccccc1. The summed E-state index contributed by atoms with van der Waals surface area (Å²) in [7, 11) is 0. The summed E-state index contributed by atoms with van der Waals surface area (Å²) in [5.41, 5.74) is 2.86. The fourth-order valence-corrected chi connectivity index (χ4v) is 3.46. The Morgan fingerprint density at radius 3 is 2.64 bits per heavy atom. The molecule has 1 atom stereocenters. The molecule has 0 saturated heterocycles. The van der Waals surface area contributed by atoms with Gasteiger partial charge in [0.05, 0.1) is 29.4 Å². The highest BCUT2D eigenvalue weighted by molar-refractivity contribution is 8.02. The molecule has 0 fully saturated rings. The number of carbonyl (C=O) groups excluding carboxylic acids is 2. The van der Waals surface area contributed by atoms with Crippen LogP contribution < -0.4 is 5.32 Å². The number of esters is 1. The number of para-hydroxylation sites is 2. The summed E-state index contributed by atoms with van der Waals surface area (Å²) in [6.07, 6.45) is 0. The molecule has 6 heteroatoms. The number of nitrogens with zero attached hydrogens (tertiary/aromatic N) is 1. The van der Waals surface area contributed by atoms with Gasteiger partial charge in [0.15, 0.2) is 0 Å². The first-order chi connectivity index (χ1) is 12.2. The van der Waals surface area contributed by atoms with Gasteiger partial charge in [-0.15, -0.1) is 11.8 Å². The van der Waals surface area contributed by atoms with Crippen LogP contribution in [0.15, 0.2) is 59.6 Å². The quantitative estimate of drug-likeness (QED) is 0.836. The van der Waals surface area contributed by atoms with E-state index in [9.17, 15) is 9.59 Å². The third-order valence-corrected chi connectivity index (χ3v) is 4.81. The number of hydrogen-bond donors (Lipinski definition) is 1. The minimum absolute atomic E-state index is 0.0914. The average Bonchev–Trinajstić information content (AvgIpc) is 2.77. The van der Waals surface area contributed by atoms with Gasteiger partial charge in [-0.2, -0.15) is 0 Å². The molecule has 0 spiro atoms. The lowest BCUT2D eigenvalue weighted by atomic mass is 10.1. The van der Waals surface area contributed by atoms with Gasteiger partial charge in [0.2, 0.25) is 5.91 Å². The first-order valence-corrected chi connectivity index (χ1v) is 9.05. The van der Waals surface area contributed by atoms with Gasteiger partial charge in [-0.05, 0) is 24.6 Å². The lowest BCUT2D eigenvalue weighted by Gasteiger charge is -2.16. The van der Waals surface area contributed by atoms with Gasteiger partial charge in [-0.3, -0.25) is 9.59 Å². The van der Waals surface area contributed by atoms with Crippen molar-refractivity contribution in [2.24, 2.45) is 4.99 Å². The number of aliphatic imine (C=N–C) groups is 1.